The van der Waals surface area contributed by atoms with Crippen LogP contribution in [0.5, 0.6) is 0 Å². The maximum atomic E-state index is 12.4. The lowest BCUT2D eigenvalue weighted by Crippen LogP contribution is -2.37. The number of unbranched alkanes of at least 4 members (excludes halogenated alkanes) is 1. The van der Waals surface area contributed by atoms with Crippen molar-refractivity contribution in [1.82, 2.24) is 4.90 Å². The average molecular weight is 333 g/mol. The normalized spacial score (nSPS) is 20.3. The average Bonchev–Trinajstić information content (AvgIpc) is 2.95. The van der Waals surface area contributed by atoms with Gasteiger partial charge in [-0.05, 0) is 38.2 Å². The summed E-state index contributed by atoms with van der Waals surface area (Å²) in [5.74, 6) is -0.821. The Bertz CT molecular complexity index is 555. The van der Waals surface area contributed by atoms with Crippen molar-refractivity contribution < 1.29 is 19.4 Å². The van der Waals surface area contributed by atoms with Gasteiger partial charge in [-0.2, -0.15) is 0 Å². The SMILES string of the molecule is COC1CC(CC(=O)O)N(C(=O)CCCCc2ccc(C)cc2)C1. The van der Waals surface area contributed by atoms with Gasteiger partial charge in [0.2, 0.25) is 5.91 Å². The summed E-state index contributed by atoms with van der Waals surface area (Å²) >= 11 is 0. The molecule has 2 atom stereocenters. The molecule has 2 rings (SSSR count). The molecule has 0 saturated carbocycles. The van der Waals surface area contributed by atoms with Crippen LogP contribution >= 0.6 is 0 Å². The number of methoxy groups -OCH3 is 1. The second-order valence-corrected chi connectivity index (χ2v) is 6.58. The number of aliphatic carboxylic acids is 1. The highest BCUT2D eigenvalue weighted by molar-refractivity contribution is 5.78. The van der Waals surface area contributed by atoms with E-state index >= 15 is 0 Å². The van der Waals surface area contributed by atoms with Gasteiger partial charge in [0.05, 0.1) is 12.5 Å². The number of hydrogen-bond donors (Lipinski definition) is 1. The predicted octanol–water partition coefficient (Wildman–Crippen LogP) is 2.80. The molecule has 2 unspecified atom stereocenters. The van der Waals surface area contributed by atoms with E-state index < -0.39 is 5.97 Å². The van der Waals surface area contributed by atoms with Crippen molar-refractivity contribution in [3.05, 3.63) is 35.4 Å². The molecule has 1 heterocycles. The Morgan fingerprint density at radius 3 is 2.58 bits per heavy atom. The molecule has 0 spiro atoms. The topological polar surface area (TPSA) is 66.8 Å². The Morgan fingerprint density at radius 2 is 1.96 bits per heavy atom. The molecule has 1 N–H and O–H groups in total. The van der Waals surface area contributed by atoms with Gasteiger partial charge in [0.1, 0.15) is 0 Å². The number of carbonyl (C=O) groups excluding carboxylic acids is 1. The van der Waals surface area contributed by atoms with Gasteiger partial charge in [-0.3, -0.25) is 9.59 Å². The van der Waals surface area contributed by atoms with E-state index in [0.717, 1.165) is 19.3 Å². The number of rotatable bonds is 8. The van der Waals surface area contributed by atoms with Crippen molar-refractivity contribution in [2.24, 2.45) is 0 Å². The third-order valence-electron chi connectivity index (χ3n) is 4.67. The van der Waals surface area contributed by atoms with E-state index in [0.29, 0.717) is 19.4 Å². The van der Waals surface area contributed by atoms with Gasteiger partial charge < -0.3 is 14.7 Å². The second kappa shape index (κ2) is 8.83. The third kappa shape index (κ3) is 5.34. The quantitative estimate of drug-likeness (QED) is 0.743. The summed E-state index contributed by atoms with van der Waals surface area (Å²) < 4.78 is 5.31. The molecular weight excluding hydrogens is 306 g/mol. The largest absolute Gasteiger partial charge is 0.481 e. The van der Waals surface area contributed by atoms with Gasteiger partial charge in [0.25, 0.3) is 0 Å². The van der Waals surface area contributed by atoms with Gasteiger partial charge in [0, 0.05) is 26.1 Å². The lowest BCUT2D eigenvalue weighted by Gasteiger charge is -2.23. The van der Waals surface area contributed by atoms with Crippen LogP contribution in [0, 0.1) is 6.92 Å². The first-order valence-corrected chi connectivity index (χ1v) is 8.59. The maximum Gasteiger partial charge on any atom is 0.305 e. The molecule has 0 aliphatic carbocycles. The van der Waals surface area contributed by atoms with Crippen molar-refractivity contribution >= 4 is 11.9 Å². The van der Waals surface area contributed by atoms with Crippen molar-refractivity contribution in [3.63, 3.8) is 0 Å². The molecular formula is C19H27NO4. The minimum absolute atomic E-state index is 0.00499. The minimum Gasteiger partial charge on any atom is -0.481 e. The number of carbonyl (C=O) groups is 2. The van der Waals surface area contributed by atoms with Crippen LogP contribution in [0.15, 0.2) is 24.3 Å². The monoisotopic (exact) mass is 333 g/mol. The summed E-state index contributed by atoms with van der Waals surface area (Å²) in [6, 6.07) is 8.23. The maximum absolute atomic E-state index is 12.4. The van der Waals surface area contributed by atoms with Crippen LogP contribution in [0.25, 0.3) is 0 Å². The van der Waals surface area contributed by atoms with Crippen LogP contribution < -0.4 is 0 Å². The molecule has 0 radical (unpaired) electrons. The molecule has 0 bridgehead atoms. The van der Waals surface area contributed by atoms with E-state index in [-0.39, 0.29) is 24.5 Å². The first-order valence-electron chi connectivity index (χ1n) is 8.59. The van der Waals surface area contributed by atoms with Crippen molar-refractivity contribution in [2.45, 2.75) is 57.6 Å². The second-order valence-electron chi connectivity index (χ2n) is 6.58. The highest BCUT2D eigenvalue weighted by Gasteiger charge is 2.36. The molecule has 1 fully saturated rings. The van der Waals surface area contributed by atoms with Crippen molar-refractivity contribution in [3.8, 4) is 0 Å². The number of carboxylic acid groups (broad SMARTS) is 1. The van der Waals surface area contributed by atoms with E-state index in [1.165, 1.54) is 11.1 Å². The molecule has 1 aromatic carbocycles. The fourth-order valence-corrected chi connectivity index (χ4v) is 3.25. The molecule has 0 aromatic heterocycles. The highest BCUT2D eigenvalue weighted by Crippen LogP contribution is 2.24. The first kappa shape index (κ1) is 18.5. The van der Waals surface area contributed by atoms with Crippen LogP contribution in [0.4, 0.5) is 0 Å². The Balaban J connectivity index is 1.77. The Hall–Kier alpha value is -1.88. The number of ether oxygens (including phenoxy) is 1. The van der Waals surface area contributed by atoms with Crippen molar-refractivity contribution in [1.29, 1.82) is 0 Å². The van der Waals surface area contributed by atoms with Gasteiger partial charge in [-0.1, -0.05) is 29.8 Å². The number of amides is 1. The molecule has 1 aliphatic heterocycles. The standard InChI is InChI=1S/C19H27NO4/c1-14-7-9-15(10-8-14)5-3-4-6-18(21)20-13-17(24-2)11-16(20)12-19(22)23/h7-10,16-17H,3-6,11-13H2,1-2H3,(H,22,23). The summed E-state index contributed by atoms with van der Waals surface area (Å²) in [5, 5.41) is 9.01. The Labute approximate surface area is 143 Å². The number of benzene rings is 1. The first-order chi connectivity index (χ1) is 11.5. The van der Waals surface area contributed by atoms with E-state index in [4.69, 9.17) is 9.84 Å². The lowest BCUT2D eigenvalue weighted by molar-refractivity contribution is -0.139. The summed E-state index contributed by atoms with van der Waals surface area (Å²) in [6.45, 7) is 2.57. The molecule has 1 saturated heterocycles. The number of nitrogens with zero attached hydrogens (tertiary/aromatic N) is 1. The molecule has 1 aromatic rings. The zero-order valence-electron chi connectivity index (χ0n) is 14.5. The zero-order chi connectivity index (χ0) is 17.5. The molecule has 5 heteroatoms. The Kier molecular flexibility index (Phi) is 6.79. The number of likely N-dealkylation sites (tertiary alicyclic amines) is 1. The molecule has 5 nitrogen and oxygen atoms in total. The molecule has 1 amide bonds. The van der Waals surface area contributed by atoms with E-state index in [2.05, 4.69) is 31.2 Å². The van der Waals surface area contributed by atoms with Gasteiger partial charge in [-0.15, -0.1) is 0 Å². The van der Waals surface area contributed by atoms with Crippen LogP contribution in [-0.4, -0.2) is 47.7 Å². The van der Waals surface area contributed by atoms with Gasteiger partial charge in [-0.25, -0.2) is 0 Å². The van der Waals surface area contributed by atoms with E-state index in [1.807, 2.05) is 0 Å². The summed E-state index contributed by atoms with van der Waals surface area (Å²) in [7, 11) is 1.61. The summed E-state index contributed by atoms with van der Waals surface area (Å²) in [6.07, 6.45) is 3.77. The molecule has 24 heavy (non-hydrogen) atoms. The van der Waals surface area contributed by atoms with Crippen LogP contribution in [-0.2, 0) is 20.7 Å². The van der Waals surface area contributed by atoms with Crippen LogP contribution in [0.3, 0.4) is 0 Å². The number of carboxylic acids is 1. The zero-order valence-corrected chi connectivity index (χ0v) is 14.5. The predicted molar refractivity (Wildman–Crippen MR) is 91.9 cm³/mol. The number of hydrogen-bond acceptors (Lipinski definition) is 3. The van der Waals surface area contributed by atoms with Crippen LogP contribution in [0.1, 0.15) is 43.2 Å². The number of aryl methyl sites for hydroxylation is 2. The van der Waals surface area contributed by atoms with Gasteiger partial charge in [0.15, 0.2) is 0 Å². The van der Waals surface area contributed by atoms with Crippen molar-refractivity contribution in [2.75, 3.05) is 13.7 Å². The minimum atomic E-state index is -0.867. The highest BCUT2D eigenvalue weighted by atomic mass is 16.5. The fraction of sp³-hybridized carbons (Fsp3) is 0.579. The summed E-state index contributed by atoms with van der Waals surface area (Å²) in [5.41, 5.74) is 2.54. The van der Waals surface area contributed by atoms with E-state index in [9.17, 15) is 9.59 Å². The third-order valence-corrected chi connectivity index (χ3v) is 4.67. The van der Waals surface area contributed by atoms with E-state index in [1.54, 1.807) is 12.0 Å². The fourth-order valence-electron chi connectivity index (χ4n) is 3.25. The van der Waals surface area contributed by atoms with Crippen LogP contribution in [0.2, 0.25) is 0 Å². The Morgan fingerprint density at radius 1 is 1.25 bits per heavy atom. The molecule has 1 aliphatic rings. The summed E-state index contributed by atoms with van der Waals surface area (Å²) in [4.78, 5) is 25.1. The molecule has 132 valence electrons. The smallest absolute Gasteiger partial charge is 0.305 e. The van der Waals surface area contributed by atoms with Gasteiger partial charge >= 0.3 is 5.97 Å². The lowest BCUT2D eigenvalue weighted by atomic mass is 10.1.